The van der Waals surface area contributed by atoms with Gasteiger partial charge in [0.15, 0.2) is 0 Å². The van der Waals surface area contributed by atoms with Gasteiger partial charge >= 0.3 is 0 Å². The number of fused-ring (bicyclic) bond motifs is 6. The average Bonchev–Trinajstić information content (AvgIpc) is 2.88. The van der Waals surface area contributed by atoms with Gasteiger partial charge in [0.1, 0.15) is 0 Å². The number of hydrogen-bond acceptors (Lipinski definition) is 1. The lowest BCUT2D eigenvalue weighted by molar-refractivity contribution is 0.858. The van der Waals surface area contributed by atoms with E-state index in [9.17, 15) is 0 Å². The normalized spacial score (nSPS) is 22.4. The number of anilines is 1. The van der Waals surface area contributed by atoms with E-state index >= 15 is 0 Å². The minimum Gasteiger partial charge on any atom is -0.344 e. The van der Waals surface area contributed by atoms with Crippen LogP contribution in [-0.4, -0.2) is 7.05 Å². The minimum atomic E-state index is 0.496. The van der Waals surface area contributed by atoms with E-state index in [0.717, 1.165) is 0 Å². The second kappa shape index (κ2) is 3.88. The second-order valence-corrected chi connectivity index (χ2v) is 6.23. The van der Waals surface area contributed by atoms with Gasteiger partial charge in [-0.05, 0) is 58.5 Å². The van der Waals surface area contributed by atoms with Crippen molar-refractivity contribution in [2.24, 2.45) is 0 Å². The molecule has 0 radical (unpaired) electrons. The maximum absolute atomic E-state index is 2.46. The van der Waals surface area contributed by atoms with E-state index in [0.29, 0.717) is 5.92 Å². The van der Waals surface area contributed by atoms with Crippen molar-refractivity contribution in [1.29, 1.82) is 0 Å². The standard InChI is InChI=1S/C20H17N/c1-21-19-11-14-7-3-2-6-13(14)10-18(19)17-12-20(21)16-9-5-4-8-15(16)17/h2-3,5-7,9-12,17H,4,8H2,1H3/t17-/m0/s1. The third kappa shape index (κ3) is 1.41. The number of likely N-dealkylation sites (N-methyl/N-ethyl adjacent to an activating group) is 1. The lowest BCUT2D eigenvalue weighted by Crippen LogP contribution is -2.20. The van der Waals surface area contributed by atoms with Gasteiger partial charge in [-0.1, -0.05) is 36.4 Å². The second-order valence-electron chi connectivity index (χ2n) is 6.23. The van der Waals surface area contributed by atoms with E-state index in [4.69, 9.17) is 0 Å². The molecule has 1 heterocycles. The molecule has 1 heteroatoms. The lowest BCUT2D eigenvalue weighted by atomic mass is 9.86. The van der Waals surface area contributed by atoms with Crippen molar-refractivity contribution in [3.05, 3.63) is 77.0 Å². The van der Waals surface area contributed by atoms with E-state index in [1.165, 1.54) is 46.1 Å². The predicted molar refractivity (Wildman–Crippen MR) is 88.6 cm³/mol. The van der Waals surface area contributed by atoms with E-state index in [2.05, 4.69) is 66.6 Å². The van der Waals surface area contributed by atoms with Crippen LogP contribution in [0.15, 0.2) is 71.5 Å². The van der Waals surface area contributed by atoms with Crippen molar-refractivity contribution in [2.75, 3.05) is 11.9 Å². The molecular formula is C20H17N. The molecule has 0 amide bonds. The number of rotatable bonds is 0. The zero-order valence-corrected chi connectivity index (χ0v) is 12.1. The van der Waals surface area contributed by atoms with E-state index in [1.807, 2.05) is 0 Å². The van der Waals surface area contributed by atoms with E-state index < -0.39 is 0 Å². The largest absolute Gasteiger partial charge is 0.344 e. The van der Waals surface area contributed by atoms with Crippen molar-refractivity contribution >= 4 is 16.5 Å². The summed E-state index contributed by atoms with van der Waals surface area (Å²) in [6.45, 7) is 0. The first-order valence-corrected chi connectivity index (χ1v) is 7.71. The van der Waals surface area contributed by atoms with Crippen molar-refractivity contribution in [3.63, 3.8) is 0 Å². The van der Waals surface area contributed by atoms with Crippen LogP contribution >= 0.6 is 0 Å². The molecule has 0 saturated carbocycles. The first-order valence-electron chi connectivity index (χ1n) is 7.71. The van der Waals surface area contributed by atoms with Crippen LogP contribution in [0.1, 0.15) is 24.3 Å². The van der Waals surface area contributed by atoms with Crippen molar-refractivity contribution < 1.29 is 0 Å². The molecule has 2 bridgehead atoms. The third-order valence-corrected chi connectivity index (χ3v) is 5.14. The molecule has 5 rings (SSSR count). The maximum atomic E-state index is 2.46. The highest BCUT2D eigenvalue weighted by Gasteiger charge is 2.35. The number of nitrogens with zero attached hydrogens (tertiary/aromatic N) is 1. The number of hydrogen-bond donors (Lipinski definition) is 0. The molecule has 0 aromatic heterocycles. The highest BCUT2D eigenvalue weighted by atomic mass is 15.1. The van der Waals surface area contributed by atoms with Crippen LogP contribution in [-0.2, 0) is 0 Å². The highest BCUT2D eigenvalue weighted by Crippen LogP contribution is 2.51. The van der Waals surface area contributed by atoms with Gasteiger partial charge in [0.05, 0.1) is 0 Å². The number of allylic oxidation sites excluding steroid dienone is 4. The molecule has 21 heavy (non-hydrogen) atoms. The third-order valence-electron chi connectivity index (χ3n) is 5.14. The van der Waals surface area contributed by atoms with Crippen LogP contribution in [0.25, 0.3) is 10.8 Å². The molecule has 102 valence electrons. The highest BCUT2D eigenvalue weighted by molar-refractivity contribution is 5.90. The Labute approximate surface area is 124 Å². The van der Waals surface area contributed by atoms with Crippen LogP contribution in [0.5, 0.6) is 0 Å². The van der Waals surface area contributed by atoms with Gasteiger partial charge in [0.2, 0.25) is 0 Å². The monoisotopic (exact) mass is 271 g/mol. The van der Waals surface area contributed by atoms with Gasteiger partial charge < -0.3 is 4.90 Å². The Morgan fingerprint density at radius 1 is 1.10 bits per heavy atom. The molecule has 2 aromatic rings. The quantitative estimate of drug-likeness (QED) is 0.657. The zero-order chi connectivity index (χ0) is 14.0. The summed E-state index contributed by atoms with van der Waals surface area (Å²) in [6.07, 6.45) is 9.49. The van der Waals surface area contributed by atoms with Gasteiger partial charge in [-0.25, -0.2) is 0 Å². The fraction of sp³-hybridized carbons (Fsp3) is 0.200. The first-order chi connectivity index (χ1) is 10.3. The topological polar surface area (TPSA) is 3.24 Å². The Kier molecular flexibility index (Phi) is 2.11. The Morgan fingerprint density at radius 3 is 2.76 bits per heavy atom. The van der Waals surface area contributed by atoms with E-state index in [-0.39, 0.29) is 0 Å². The van der Waals surface area contributed by atoms with Crippen molar-refractivity contribution in [2.45, 2.75) is 18.8 Å². The lowest BCUT2D eigenvalue weighted by Gasteiger charge is -2.29. The molecule has 3 aliphatic rings. The van der Waals surface area contributed by atoms with Crippen LogP contribution in [0.2, 0.25) is 0 Å². The van der Waals surface area contributed by atoms with Crippen molar-refractivity contribution in [1.82, 2.24) is 0 Å². The number of benzene rings is 2. The molecule has 2 aliphatic carbocycles. The van der Waals surface area contributed by atoms with Gasteiger partial charge in [-0.3, -0.25) is 0 Å². The summed E-state index contributed by atoms with van der Waals surface area (Å²) in [5.41, 5.74) is 7.33. The van der Waals surface area contributed by atoms with Crippen LogP contribution in [0, 0.1) is 0 Å². The van der Waals surface area contributed by atoms with Gasteiger partial charge in [0.25, 0.3) is 0 Å². The molecular weight excluding hydrogens is 254 g/mol. The molecule has 0 unspecified atom stereocenters. The fourth-order valence-electron chi connectivity index (χ4n) is 4.09. The van der Waals surface area contributed by atoms with Crippen LogP contribution < -0.4 is 4.90 Å². The summed E-state index contributed by atoms with van der Waals surface area (Å²) in [4.78, 5) is 2.37. The molecule has 0 N–H and O–H groups in total. The summed E-state index contributed by atoms with van der Waals surface area (Å²) in [6, 6.07) is 13.4. The first kappa shape index (κ1) is 11.4. The predicted octanol–water partition coefficient (Wildman–Crippen LogP) is 4.92. The van der Waals surface area contributed by atoms with Crippen molar-refractivity contribution in [3.8, 4) is 0 Å². The van der Waals surface area contributed by atoms with Gasteiger partial charge in [0, 0.05) is 24.4 Å². The maximum Gasteiger partial charge on any atom is 0.0456 e. The molecule has 1 nitrogen and oxygen atoms in total. The average molecular weight is 271 g/mol. The Balaban J connectivity index is 1.80. The molecule has 0 spiro atoms. The summed E-state index contributed by atoms with van der Waals surface area (Å²) in [5.74, 6) is 0.496. The van der Waals surface area contributed by atoms with Crippen LogP contribution in [0.4, 0.5) is 5.69 Å². The molecule has 1 atom stereocenters. The smallest absolute Gasteiger partial charge is 0.0456 e. The van der Waals surface area contributed by atoms with Gasteiger partial charge in [-0.15, -0.1) is 0 Å². The minimum absolute atomic E-state index is 0.496. The molecule has 0 fully saturated rings. The summed E-state index contributed by atoms with van der Waals surface area (Å²) in [7, 11) is 2.20. The van der Waals surface area contributed by atoms with E-state index in [1.54, 1.807) is 5.57 Å². The Bertz CT molecular complexity index is 867. The molecule has 1 aliphatic heterocycles. The van der Waals surface area contributed by atoms with Crippen LogP contribution in [0.3, 0.4) is 0 Å². The SMILES string of the molecule is CN1C2=C[C@@H](C3=C2C=CCC3)c2cc3ccccc3cc21. The zero-order valence-electron chi connectivity index (χ0n) is 12.1. The molecule has 0 saturated heterocycles. The summed E-state index contributed by atoms with van der Waals surface area (Å²) >= 11 is 0. The Hall–Kier alpha value is -2.28. The van der Waals surface area contributed by atoms with Gasteiger partial charge in [-0.2, -0.15) is 0 Å². The summed E-state index contributed by atoms with van der Waals surface area (Å²) < 4.78 is 0. The fourth-order valence-corrected chi connectivity index (χ4v) is 4.09. The molecule has 2 aromatic carbocycles. The summed E-state index contributed by atoms with van der Waals surface area (Å²) in [5, 5.41) is 2.68. The Morgan fingerprint density at radius 2 is 1.90 bits per heavy atom.